The highest BCUT2D eigenvalue weighted by atomic mass is 32.2. The number of fused-ring (bicyclic) bond motifs is 1. The Morgan fingerprint density at radius 3 is 3.07 bits per heavy atom. The maximum absolute atomic E-state index is 11.4. The van der Waals surface area contributed by atoms with Crippen LogP contribution in [0, 0.1) is 0 Å². The second kappa shape index (κ2) is 3.34. The average Bonchev–Trinajstić information content (AvgIpc) is 2.65. The molecule has 3 amide bonds. The zero-order valence-electron chi connectivity index (χ0n) is 8.02. The van der Waals surface area contributed by atoms with E-state index in [-0.39, 0.29) is 18.1 Å². The van der Waals surface area contributed by atoms with Crippen molar-refractivity contribution in [2.24, 2.45) is 0 Å². The Kier molecular flexibility index (Phi) is 2.30. The highest BCUT2D eigenvalue weighted by molar-refractivity contribution is 8.00. The van der Waals surface area contributed by atoms with Crippen molar-refractivity contribution in [3.05, 3.63) is 0 Å². The molecule has 2 heterocycles. The molecule has 0 aromatic heterocycles. The maximum Gasteiger partial charge on any atom is 0.418 e. The minimum absolute atomic E-state index is 0.0463. The molecule has 0 radical (unpaired) electrons. The van der Waals surface area contributed by atoms with E-state index in [1.165, 1.54) is 12.0 Å². The van der Waals surface area contributed by atoms with Crippen LogP contribution >= 0.6 is 11.8 Å². The molecule has 78 valence electrons. The van der Waals surface area contributed by atoms with Crippen molar-refractivity contribution in [1.82, 2.24) is 10.2 Å². The van der Waals surface area contributed by atoms with Crippen LogP contribution in [0.15, 0.2) is 0 Å². The SMILES string of the molecule is COC(=O)N1C(=O)NC2C(C)SCC21. The molecule has 3 atom stereocenters. The Labute approximate surface area is 86.2 Å². The van der Waals surface area contributed by atoms with Crippen molar-refractivity contribution in [1.29, 1.82) is 0 Å². The number of nitrogens with one attached hydrogen (secondary N) is 1. The molecule has 2 aliphatic rings. The summed E-state index contributed by atoms with van der Waals surface area (Å²) in [5.74, 6) is 0.791. The van der Waals surface area contributed by atoms with Gasteiger partial charge in [-0.3, -0.25) is 0 Å². The second-order valence-corrected chi connectivity index (χ2v) is 4.83. The van der Waals surface area contributed by atoms with E-state index in [9.17, 15) is 9.59 Å². The van der Waals surface area contributed by atoms with Gasteiger partial charge >= 0.3 is 12.1 Å². The van der Waals surface area contributed by atoms with Crippen molar-refractivity contribution in [2.45, 2.75) is 24.3 Å². The Bertz CT molecular complexity index is 284. The van der Waals surface area contributed by atoms with Gasteiger partial charge in [0.2, 0.25) is 0 Å². The number of hydrogen-bond acceptors (Lipinski definition) is 4. The lowest BCUT2D eigenvalue weighted by atomic mass is 10.1. The number of methoxy groups -OCH3 is 1. The average molecular weight is 216 g/mol. The number of carbonyl (C=O) groups is 2. The number of ether oxygens (including phenoxy) is 1. The minimum Gasteiger partial charge on any atom is -0.452 e. The first kappa shape index (κ1) is 9.64. The highest BCUT2D eigenvalue weighted by Crippen LogP contribution is 2.33. The van der Waals surface area contributed by atoms with Crippen molar-refractivity contribution in [2.75, 3.05) is 12.9 Å². The summed E-state index contributed by atoms with van der Waals surface area (Å²) in [5, 5.41) is 3.16. The van der Waals surface area contributed by atoms with Gasteiger partial charge in [0.1, 0.15) is 0 Å². The van der Waals surface area contributed by atoms with Gasteiger partial charge in [-0.25, -0.2) is 14.5 Å². The second-order valence-electron chi connectivity index (χ2n) is 3.42. The number of urea groups is 1. The molecule has 0 bridgehead atoms. The van der Waals surface area contributed by atoms with Crippen LogP contribution in [-0.4, -0.2) is 47.2 Å². The van der Waals surface area contributed by atoms with Crippen LogP contribution in [0.25, 0.3) is 0 Å². The van der Waals surface area contributed by atoms with E-state index in [1.54, 1.807) is 11.8 Å². The summed E-state index contributed by atoms with van der Waals surface area (Å²) in [4.78, 5) is 23.9. The van der Waals surface area contributed by atoms with Crippen LogP contribution in [-0.2, 0) is 4.74 Å². The topological polar surface area (TPSA) is 58.6 Å². The molecule has 0 spiro atoms. The lowest BCUT2D eigenvalue weighted by molar-refractivity contribution is 0.128. The first-order valence-electron chi connectivity index (χ1n) is 4.44. The van der Waals surface area contributed by atoms with E-state index >= 15 is 0 Å². The molecule has 3 unspecified atom stereocenters. The fourth-order valence-corrected chi connectivity index (χ4v) is 3.21. The van der Waals surface area contributed by atoms with Gasteiger partial charge in [0.25, 0.3) is 0 Å². The molecule has 0 aromatic rings. The standard InChI is InChI=1S/C8H12N2O3S/c1-4-6-5(3-14-4)10(7(11)9-6)8(12)13-2/h4-6H,3H2,1-2H3,(H,9,11). The summed E-state index contributed by atoms with van der Waals surface area (Å²) in [6, 6.07) is -0.305. The normalized spacial score (nSPS) is 35.4. The lowest BCUT2D eigenvalue weighted by Crippen LogP contribution is -2.41. The molecule has 0 aliphatic carbocycles. The van der Waals surface area contributed by atoms with Gasteiger partial charge in [-0.05, 0) is 0 Å². The van der Waals surface area contributed by atoms with Crippen LogP contribution in [0.2, 0.25) is 0 Å². The van der Waals surface area contributed by atoms with E-state index in [0.717, 1.165) is 5.75 Å². The van der Waals surface area contributed by atoms with Gasteiger partial charge in [-0.2, -0.15) is 11.8 Å². The Morgan fingerprint density at radius 2 is 2.43 bits per heavy atom. The number of nitrogens with zero attached hydrogens (tertiary/aromatic N) is 1. The summed E-state index contributed by atoms with van der Waals surface area (Å²) in [6.45, 7) is 2.05. The summed E-state index contributed by atoms with van der Waals surface area (Å²) >= 11 is 1.76. The smallest absolute Gasteiger partial charge is 0.418 e. The largest absolute Gasteiger partial charge is 0.452 e. The minimum atomic E-state index is -0.565. The predicted octanol–water partition coefficient (Wildman–Crippen LogP) is 0.651. The van der Waals surface area contributed by atoms with Crippen LogP contribution < -0.4 is 5.32 Å². The maximum atomic E-state index is 11.4. The van der Waals surface area contributed by atoms with E-state index < -0.39 is 6.09 Å². The summed E-state index contributed by atoms with van der Waals surface area (Å²) in [5.41, 5.74) is 0. The van der Waals surface area contributed by atoms with Gasteiger partial charge in [0.05, 0.1) is 19.2 Å². The van der Waals surface area contributed by atoms with E-state index in [2.05, 4.69) is 17.0 Å². The van der Waals surface area contributed by atoms with Gasteiger partial charge in [0, 0.05) is 11.0 Å². The third-order valence-corrected chi connectivity index (χ3v) is 4.02. The monoisotopic (exact) mass is 216 g/mol. The van der Waals surface area contributed by atoms with Crippen molar-refractivity contribution in [3.8, 4) is 0 Å². The quantitative estimate of drug-likeness (QED) is 0.604. The Morgan fingerprint density at radius 1 is 1.71 bits per heavy atom. The number of rotatable bonds is 0. The molecule has 6 heteroatoms. The molecular formula is C8H12N2O3S. The lowest BCUT2D eigenvalue weighted by Gasteiger charge is -2.17. The number of amides is 3. The van der Waals surface area contributed by atoms with Gasteiger partial charge < -0.3 is 10.1 Å². The molecule has 2 aliphatic heterocycles. The van der Waals surface area contributed by atoms with Crippen LogP contribution in [0.4, 0.5) is 9.59 Å². The molecule has 0 aromatic carbocycles. The van der Waals surface area contributed by atoms with E-state index in [1.807, 2.05) is 0 Å². The fraction of sp³-hybridized carbons (Fsp3) is 0.750. The van der Waals surface area contributed by atoms with Gasteiger partial charge in [-0.1, -0.05) is 6.92 Å². The number of thioether (sulfide) groups is 1. The Hall–Kier alpha value is -0.910. The highest BCUT2D eigenvalue weighted by Gasteiger charge is 2.49. The molecule has 2 fully saturated rings. The van der Waals surface area contributed by atoms with Crippen LogP contribution in [0.1, 0.15) is 6.92 Å². The van der Waals surface area contributed by atoms with Crippen molar-refractivity contribution < 1.29 is 14.3 Å². The van der Waals surface area contributed by atoms with Gasteiger partial charge in [-0.15, -0.1) is 0 Å². The number of carbonyl (C=O) groups excluding carboxylic acids is 2. The van der Waals surface area contributed by atoms with Crippen LogP contribution in [0.5, 0.6) is 0 Å². The van der Waals surface area contributed by atoms with Crippen molar-refractivity contribution in [3.63, 3.8) is 0 Å². The fourth-order valence-electron chi connectivity index (χ4n) is 1.90. The molecule has 0 saturated carbocycles. The molecule has 5 nitrogen and oxygen atoms in total. The Balaban J connectivity index is 2.18. The first-order chi connectivity index (χ1) is 6.65. The van der Waals surface area contributed by atoms with Crippen LogP contribution in [0.3, 0.4) is 0 Å². The third-order valence-electron chi connectivity index (χ3n) is 2.66. The van der Waals surface area contributed by atoms with E-state index in [4.69, 9.17) is 0 Å². The van der Waals surface area contributed by atoms with Gasteiger partial charge in [0.15, 0.2) is 0 Å². The predicted molar refractivity (Wildman–Crippen MR) is 52.3 cm³/mol. The molecule has 1 N–H and O–H groups in total. The first-order valence-corrected chi connectivity index (χ1v) is 5.49. The molecule has 2 saturated heterocycles. The zero-order valence-corrected chi connectivity index (χ0v) is 8.84. The van der Waals surface area contributed by atoms with E-state index in [0.29, 0.717) is 5.25 Å². The van der Waals surface area contributed by atoms with Crippen molar-refractivity contribution >= 4 is 23.9 Å². The summed E-state index contributed by atoms with van der Waals surface area (Å²) < 4.78 is 4.56. The number of imide groups is 1. The molecular weight excluding hydrogens is 204 g/mol. The zero-order chi connectivity index (χ0) is 10.3. The number of hydrogen-bond donors (Lipinski definition) is 1. The third kappa shape index (κ3) is 1.25. The summed E-state index contributed by atoms with van der Waals surface area (Å²) in [6.07, 6.45) is -0.565. The molecule has 14 heavy (non-hydrogen) atoms. The summed E-state index contributed by atoms with van der Waals surface area (Å²) in [7, 11) is 1.29. The molecule has 2 rings (SSSR count).